The number of fused-ring (bicyclic) bond motifs is 11. The molecule has 276 valence electrons. The molecule has 0 amide bonds. The second kappa shape index (κ2) is 12.9. The van der Waals surface area contributed by atoms with Crippen molar-refractivity contribution < 1.29 is 0 Å². The van der Waals surface area contributed by atoms with Crippen molar-refractivity contribution >= 4 is 53.9 Å². The third-order valence-corrected chi connectivity index (χ3v) is 13.2. The molecule has 0 aromatic heterocycles. The first kappa shape index (κ1) is 33.8. The second-order valence-electron chi connectivity index (χ2n) is 16.7. The number of hydrogen-bond acceptors (Lipinski definition) is 0. The molecule has 0 saturated heterocycles. The number of hydrogen-bond donors (Lipinski definition) is 0. The van der Waals surface area contributed by atoms with Crippen LogP contribution in [-0.4, -0.2) is 0 Å². The van der Waals surface area contributed by atoms with Crippen LogP contribution in [0, 0.1) is 0 Å². The smallest absolute Gasteiger partial charge is 0.0171 e. The highest BCUT2D eigenvalue weighted by molar-refractivity contribution is 6.22. The fourth-order valence-corrected chi connectivity index (χ4v) is 10.7. The Morgan fingerprint density at radius 2 is 0.593 bits per heavy atom. The summed E-state index contributed by atoms with van der Waals surface area (Å²) >= 11 is 0. The first-order chi connectivity index (χ1) is 29.1. The lowest BCUT2D eigenvalue weighted by Gasteiger charge is -2.26. The van der Waals surface area contributed by atoms with Crippen LogP contribution in [0.2, 0.25) is 0 Å². The van der Waals surface area contributed by atoms with Crippen molar-refractivity contribution in [3.05, 3.63) is 217 Å². The van der Waals surface area contributed by atoms with Crippen molar-refractivity contribution in [1.29, 1.82) is 0 Å². The molecule has 0 unspecified atom stereocenters. The van der Waals surface area contributed by atoms with Crippen molar-refractivity contribution in [2.45, 2.75) is 19.3 Å². The molecule has 0 N–H and O–H groups in total. The Bertz CT molecular complexity index is 3430. The summed E-state index contributed by atoms with van der Waals surface area (Å²) in [5.41, 5.74) is 15.5. The maximum absolute atomic E-state index is 2.42. The molecule has 59 heavy (non-hydrogen) atoms. The molecule has 0 saturated carbocycles. The highest BCUT2D eigenvalue weighted by atomic mass is 14.4. The predicted molar refractivity (Wildman–Crippen MR) is 253 cm³/mol. The fourth-order valence-electron chi connectivity index (χ4n) is 10.7. The van der Waals surface area contributed by atoms with Gasteiger partial charge < -0.3 is 0 Å². The van der Waals surface area contributed by atoms with Gasteiger partial charge in [0.25, 0.3) is 0 Å². The van der Waals surface area contributed by atoms with Gasteiger partial charge in [-0.3, -0.25) is 0 Å². The van der Waals surface area contributed by atoms with Gasteiger partial charge in [-0.15, -0.1) is 0 Å². The van der Waals surface area contributed by atoms with Crippen LogP contribution in [-0.2, 0) is 5.41 Å². The van der Waals surface area contributed by atoms with E-state index in [9.17, 15) is 0 Å². The van der Waals surface area contributed by atoms with Crippen molar-refractivity contribution in [3.8, 4) is 55.6 Å². The molecular weight excluding hydrogens is 709 g/mol. The SMILES string of the molecule is CC1(C)c2c(-c3ccc(-c4c5ccccc5c(-c5ccc(-c6cccc7ccccc67)cc5)c5ccccc45)cc3)cccc2-c2c1c1ccccc1c1ccccc21. The Morgan fingerprint density at radius 3 is 1.15 bits per heavy atom. The maximum atomic E-state index is 2.42. The van der Waals surface area contributed by atoms with Gasteiger partial charge in [-0.1, -0.05) is 220 Å². The molecule has 11 aromatic carbocycles. The third kappa shape index (κ3) is 4.96. The van der Waals surface area contributed by atoms with Crippen LogP contribution < -0.4 is 0 Å². The number of rotatable bonds is 4. The normalized spacial score (nSPS) is 13.1. The standard InChI is InChI=1S/C59H40/c1-59(2)57-44(27-14-28-53(57)56-47-20-7-5-18-45(47)46-19-6-12-25-52(46)58(56)59)39-31-35-41(36-32-39)55-50-23-10-8-21-48(50)54(49-22-9-11-24-51(49)55)40-33-29-38(30-34-40)43-26-13-16-37-15-3-4-17-42(37)43/h3-36H,1-2H3. The number of benzene rings is 11. The molecule has 0 spiro atoms. The van der Waals surface area contributed by atoms with E-state index in [0.717, 1.165) is 0 Å². The van der Waals surface area contributed by atoms with Crippen molar-refractivity contribution in [3.63, 3.8) is 0 Å². The average molecular weight is 749 g/mol. The van der Waals surface area contributed by atoms with Crippen molar-refractivity contribution in [1.82, 2.24) is 0 Å². The molecule has 1 aliphatic rings. The van der Waals surface area contributed by atoms with E-state index in [1.165, 1.54) is 121 Å². The van der Waals surface area contributed by atoms with Crippen LogP contribution in [0.15, 0.2) is 206 Å². The molecule has 0 radical (unpaired) electrons. The van der Waals surface area contributed by atoms with Crippen molar-refractivity contribution in [2.24, 2.45) is 0 Å². The second-order valence-corrected chi connectivity index (χ2v) is 16.7. The van der Waals surface area contributed by atoms with E-state index in [4.69, 9.17) is 0 Å². The summed E-state index contributed by atoms with van der Waals surface area (Å²) < 4.78 is 0. The summed E-state index contributed by atoms with van der Waals surface area (Å²) in [7, 11) is 0. The molecule has 0 aliphatic heterocycles. The Kier molecular flexibility index (Phi) is 7.38. The van der Waals surface area contributed by atoms with Crippen LogP contribution in [0.25, 0.3) is 109 Å². The Labute approximate surface area is 344 Å². The summed E-state index contributed by atoms with van der Waals surface area (Å²) in [5.74, 6) is 0. The minimum absolute atomic E-state index is 0.182. The third-order valence-electron chi connectivity index (χ3n) is 13.2. The summed E-state index contributed by atoms with van der Waals surface area (Å²) in [6, 6.07) is 76.6. The van der Waals surface area contributed by atoms with Gasteiger partial charge in [-0.05, 0) is 121 Å². The molecule has 12 rings (SSSR count). The molecular formula is C59H40. The van der Waals surface area contributed by atoms with Crippen LogP contribution in [0.5, 0.6) is 0 Å². The topological polar surface area (TPSA) is 0 Å². The zero-order chi connectivity index (χ0) is 39.2. The van der Waals surface area contributed by atoms with E-state index in [1.807, 2.05) is 0 Å². The Balaban J connectivity index is 0.992. The molecule has 0 fully saturated rings. The Morgan fingerprint density at radius 1 is 0.237 bits per heavy atom. The molecule has 11 aromatic rings. The van der Waals surface area contributed by atoms with Gasteiger partial charge in [-0.25, -0.2) is 0 Å². The molecule has 0 heterocycles. The van der Waals surface area contributed by atoms with Gasteiger partial charge in [0.2, 0.25) is 0 Å². The van der Waals surface area contributed by atoms with Crippen LogP contribution in [0.3, 0.4) is 0 Å². The largest absolute Gasteiger partial charge is 0.0616 e. The van der Waals surface area contributed by atoms with Crippen LogP contribution in [0.1, 0.15) is 25.0 Å². The van der Waals surface area contributed by atoms with Crippen LogP contribution >= 0.6 is 0 Å². The van der Waals surface area contributed by atoms with Gasteiger partial charge in [0.15, 0.2) is 0 Å². The molecule has 0 nitrogen and oxygen atoms in total. The fraction of sp³-hybridized carbons (Fsp3) is 0.0508. The van der Waals surface area contributed by atoms with E-state index in [-0.39, 0.29) is 5.41 Å². The van der Waals surface area contributed by atoms with E-state index < -0.39 is 0 Å². The monoisotopic (exact) mass is 748 g/mol. The Hall–Kier alpha value is -7.28. The average Bonchev–Trinajstić information content (AvgIpc) is 3.55. The summed E-state index contributed by atoms with van der Waals surface area (Å²) in [6.07, 6.45) is 0. The zero-order valence-electron chi connectivity index (χ0n) is 33.1. The first-order valence-electron chi connectivity index (χ1n) is 20.8. The summed E-state index contributed by atoms with van der Waals surface area (Å²) in [6.45, 7) is 4.85. The van der Waals surface area contributed by atoms with E-state index >= 15 is 0 Å². The zero-order valence-corrected chi connectivity index (χ0v) is 33.1. The maximum Gasteiger partial charge on any atom is 0.0171 e. The quantitative estimate of drug-likeness (QED) is 0.124. The highest BCUT2D eigenvalue weighted by Gasteiger charge is 2.40. The molecule has 1 aliphatic carbocycles. The van der Waals surface area contributed by atoms with Crippen LogP contribution in [0.4, 0.5) is 0 Å². The molecule has 0 bridgehead atoms. The van der Waals surface area contributed by atoms with Gasteiger partial charge in [0, 0.05) is 5.41 Å². The summed E-state index contributed by atoms with van der Waals surface area (Å²) in [4.78, 5) is 0. The van der Waals surface area contributed by atoms with Gasteiger partial charge in [0.05, 0.1) is 0 Å². The summed E-state index contributed by atoms with van der Waals surface area (Å²) in [5, 5.41) is 13.0. The highest BCUT2D eigenvalue weighted by Crippen LogP contribution is 2.57. The molecule has 0 heteroatoms. The van der Waals surface area contributed by atoms with Gasteiger partial charge >= 0.3 is 0 Å². The van der Waals surface area contributed by atoms with Crippen molar-refractivity contribution in [2.75, 3.05) is 0 Å². The van der Waals surface area contributed by atoms with E-state index in [1.54, 1.807) is 0 Å². The van der Waals surface area contributed by atoms with E-state index in [0.29, 0.717) is 0 Å². The van der Waals surface area contributed by atoms with Gasteiger partial charge in [-0.2, -0.15) is 0 Å². The lowest BCUT2D eigenvalue weighted by Crippen LogP contribution is -2.17. The minimum Gasteiger partial charge on any atom is -0.0616 e. The van der Waals surface area contributed by atoms with Gasteiger partial charge in [0.1, 0.15) is 0 Å². The lowest BCUT2D eigenvalue weighted by atomic mass is 9.76. The first-order valence-corrected chi connectivity index (χ1v) is 20.8. The van der Waals surface area contributed by atoms with E-state index in [2.05, 4.69) is 220 Å². The minimum atomic E-state index is -0.182. The predicted octanol–water partition coefficient (Wildman–Crippen LogP) is 16.4. The lowest BCUT2D eigenvalue weighted by molar-refractivity contribution is 0.668. The molecule has 0 atom stereocenters.